The Bertz CT molecular complexity index is 527. The molecular weight excluding hydrogens is 305 g/mol. The average molecular weight is 335 g/mol. The van der Waals surface area contributed by atoms with Gasteiger partial charge in [-0.15, -0.1) is 0 Å². The second-order valence-electron chi connectivity index (χ2n) is 7.48. The van der Waals surface area contributed by atoms with Crippen LogP contribution in [0.25, 0.3) is 0 Å². The Balaban J connectivity index is 1.55. The van der Waals surface area contributed by atoms with E-state index in [2.05, 4.69) is 21.7 Å². The molecule has 5 heteroatoms. The topological polar surface area (TPSA) is 30.0 Å². The van der Waals surface area contributed by atoms with E-state index < -0.39 is 0 Å². The molecule has 2 heterocycles. The van der Waals surface area contributed by atoms with Crippen LogP contribution in [0.2, 0.25) is 0 Å². The first-order chi connectivity index (χ1) is 11.6. The summed E-state index contributed by atoms with van der Waals surface area (Å²) in [5.41, 5.74) is 1.02. The summed E-state index contributed by atoms with van der Waals surface area (Å²) in [5, 5.41) is 9.78. The zero-order chi connectivity index (χ0) is 16.9. The molecule has 0 spiro atoms. The van der Waals surface area contributed by atoms with Crippen LogP contribution in [0.3, 0.4) is 0 Å². The van der Waals surface area contributed by atoms with E-state index in [1.807, 2.05) is 6.07 Å². The molecule has 0 aliphatic carbocycles. The Kier molecular flexibility index (Phi) is 6.22. The summed E-state index contributed by atoms with van der Waals surface area (Å²) in [7, 11) is 2.19. The molecule has 0 radical (unpaired) electrons. The van der Waals surface area contributed by atoms with Gasteiger partial charge in [0.25, 0.3) is 0 Å². The summed E-state index contributed by atoms with van der Waals surface area (Å²) in [6, 6.07) is 6.86. The van der Waals surface area contributed by atoms with Crippen molar-refractivity contribution in [1.29, 1.82) is 0 Å². The van der Waals surface area contributed by atoms with Crippen molar-refractivity contribution >= 4 is 0 Å². The van der Waals surface area contributed by atoms with Gasteiger partial charge in [-0.2, -0.15) is 0 Å². The standard InChI is InChI=1S/C19H30FN3O/c1-21-6-3-7-22(9-8-21)12-17-13-23(14-18(17)15-24)11-16-4-2-5-19(20)10-16/h2,4-5,10,17-18,24H,3,6-9,11-15H2,1H3/t17-,18-/m1/s1. The number of hydrogen-bond donors (Lipinski definition) is 1. The first-order valence-electron chi connectivity index (χ1n) is 9.12. The Hall–Kier alpha value is -1.01. The van der Waals surface area contributed by atoms with Crippen molar-refractivity contribution in [2.45, 2.75) is 13.0 Å². The maximum atomic E-state index is 13.4. The molecule has 1 aromatic rings. The molecule has 2 aliphatic heterocycles. The summed E-state index contributed by atoms with van der Waals surface area (Å²) in [4.78, 5) is 7.32. The molecule has 24 heavy (non-hydrogen) atoms. The van der Waals surface area contributed by atoms with Gasteiger partial charge in [0.1, 0.15) is 5.82 Å². The number of aliphatic hydroxyl groups excluding tert-OH is 1. The molecule has 2 saturated heterocycles. The maximum absolute atomic E-state index is 13.4. The molecule has 0 unspecified atom stereocenters. The molecular formula is C19H30FN3O. The zero-order valence-electron chi connectivity index (χ0n) is 14.7. The summed E-state index contributed by atoms with van der Waals surface area (Å²) in [5.74, 6) is 0.669. The van der Waals surface area contributed by atoms with Crippen LogP contribution >= 0.6 is 0 Å². The molecule has 2 atom stereocenters. The van der Waals surface area contributed by atoms with E-state index in [4.69, 9.17) is 0 Å². The molecule has 2 fully saturated rings. The number of aliphatic hydroxyl groups is 1. The number of halogens is 1. The average Bonchev–Trinajstić information content (AvgIpc) is 2.81. The van der Waals surface area contributed by atoms with Gasteiger partial charge in [-0.3, -0.25) is 4.90 Å². The molecule has 3 rings (SSSR count). The predicted octanol–water partition coefficient (Wildman–Crippen LogP) is 1.50. The van der Waals surface area contributed by atoms with Crippen molar-refractivity contribution in [3.63, 3.8) is 0 Å². The van der Waals surface area contributed by atoms with Crippen LogP contribution in [-0.4, -0.2) is 79.3 Å². The lowest BCUT2D eigenvalue weighted by Crippen LogP contribution is -2.36. The molecule has 0 amide bonds. The van der Waals surface area contributed by atoms with Crippen LogP contribution < -0.4 is 0 Å². The zero-order valence-corrected chi connectivity index (χ0v) is 14.7. The summed E-state index contributed by atoms with van der Waals surface area (Å²) < 4.78 is 13.4. The van der Waals surface area contributed by atoms with Gasteiger partial charge in [-0.1, -0.05) is 12.1 Å². The van der Waals surface area contributed by atoms with Crippen molar-refractivity contribution < 1.29 is 9.50 Å². The number of likely N-dealkylation sites (tertiary alicyclic amines) is 1. The van der Waals surface area contributed by atoms with Crippen LogP contribution in [0.4, 0.5) is 4.39 Å². The second kappa shape index (κ2) is 8.39. The Morgan fingerprint density at radius 2 is 1.92 bits per heavy atom. The van der Waals surface area contributed by atoms with Gasteiger partial charge in [-0.05, 0) is 56.1 Å². The number of nitrogens with zero attached hydrogens (tertiary/aromatic N) is 3. The monoisotopic (exact) mass is 335 g/mol. The van der Waals surface area contributed by atoms with Gasteiger partial charge in [0, 0.05) is 45.9 Å². The third-order valence-corrected chi connectivity index (χ3v) is 5.49. The normalized spacial score (nSPS) is 27.5. The highest BCUT2D eigenvalue weighted by atomic mass is 19.1. The highest BCUT2D eigenvalue weighted by molar-refractivity contribution is 5.16. The largest absolute Gasteiger partial charge is 0.396 e. The van der Waals surface area contributed by atoms with Crippen LogP contribution in [0.1, 0.15) is 12.0 Å². The van der Waals surface area contributed by atoms with Gasteiger partial charge in [0.05, 0.1) is 0 Å². The molecule has 4 nitrogen and oxygen atoms in total. The van der Waals surface area contributed by atoms with Crippen molar-refractivity contribution in [2.24, 2.45) is 11.8 Å². The van der Waals surface area contributed by atoms with E-state index in [-0.39, 0.29) is 12.4 Å². The van der Waals surface area contributed by atoms with Crippen molar-refractivity contribution in [1.82, 2.24) is 14.7 Å². The number of likely N-dealkylation sites (N-methyl/N-ethyl adjacent to an activating group) is 1. The lowest BCUT2D eigenvalue weighted by atomic mass is 9.96. The van der Waals surface area contributed by atoms with Crippen molar-refractivity contribution in [3.05, 3.63) is 35.6 Å². The number of hydrogen-bond acceptors (Lipinski definition) is 4. The molecule has 0 bridgehead atoms. The van der Waals surface area contributed by atoms with E-state index in [1.165, 1.54) is 19.0 Å². The highest BCUT2D eigenvalue weighted by Gasteiger charge is 2.33. The SMILES string of the molecule is CN1CCCN(C[C@@H]2CN(Cc3cccc(F)c3)C[C@@H]2CO)CC1. The van der Waals surface area contributed by atoms with Gasteiger partial charge in [0.2, 0.25) is 0 Å². The lowest BCUT2D eigenvalue weighted by Gasteiger charge is -2.26. The quantitative estimate of drug-likeness (QED) is 0.883. The van der Waals surface area contributed by atoms with E-state index in [1.54, 1.807) is 12.1 Å². The van der Waals surface area contributed by atoms with Gasteiger partial charge >= 0.3 is 0 Å². The third kappa shape index (κ3) is 4.76. The van der Waals surface area contributed by atoms with Crippen molar-refractivity contribution in [2.75, 3.05) is 59.5 Å². The van der Waals surface area contributed by atoms with E-state index in [0.29, 0.717) is 11.8 Å². The fraction of sp³-hybridized carbons (Fsp3) is 0.684. The van der Waals surface area contributed by atoms with E-state index in [0.717, 1.165) is 51.4 Å². The fourth-order valence-electron chi connectivity index (χ4n) is 4.09. The van der Waals surface area contributed by atoms with Crippen LogP contribution in [0.5, 0.6) is 0 Å². The van der Waals surface area contributed by atoms with Crippen LogP contribution in [-0.2, 0) is 6.54 Å². The highest BCUT2D eigenvalue weighted by Crippen LogP contribution is 2.26. The summed E-state index contributed by atoms with van der Waals surface area (Å²) >= 11 is 0. The predicted molar refractivity (Wildman–Crippen MR) is 94.3 cm³/mol. The number of benzene rings is 1. The van der Waals surface area contributed by atoms with Gasteiger partial charge in [0.15, 0.2) is 0 Å². The second-order valence-corrected chi connectivity index (χ2v) is 7.48. The minimum absolute atomic E-state index is 0.171. The molecule has 134 valence electrons. The number of rotatable bonds is 5. The first-order valence-corrected chi connectivity index (χ1v) is 9.12. The van der Waals surface area contributed by atoms with E-state index in [9.17, 15) is 9.50 Å². The molecule has 0 aromatic heterocycles. The molecule has 0 saturated carbocycles. The summed E-state index contributed by atoms with van der Waals surface area (Å²) in [6.07, 6.45) is 1.22. The Morgan fingerprint density at radius 1 is 1.08 bits per heavy atom. The molecule has 1 aromatic carbocycles. The molecule has 1 N–H and O–H groups in total. The third-order valence-electron chi connectivity index (χ3n) is 5.49. The Morgan fingerprint density at radius 3 is 2.71 bits per heavy atom. The minimum Gasteiger partial charge on any atom is -0.396 e. The maximum Gasteiger partial charge on any atom is 0.123 e. The van der Waals surface area contributed by atoms with Crippen LogP contribution in [0, 0.1) is 17.7 Å². The van der Waals surface area contributed by atoms with Gasteiger partial charge < -0.3 is 14.9 Å². The smallest absolute Gasteiger partial charge is 0.123 e. The first kappa shape index (κ1) is 17.8. The van der Waals surface area contributed by atoms with Crippen LogP contribution in [0.15, 0.2) is 24.3 Å². The minimum atomic E-state index is -0.171. The summed E-state index contributed by atoms with van der Waals surface area (Å²) in [6.45, 7) is 8.57. The van der Waals surface area contributed by atoms with Crippen molar-refractivity contribution in [3.8, 4) is 0 Å². The fourth-order valence-corrected chi connectivity index (χ4v) is 4.09. The van der Waals surface area contributed by atoms with Gasteiger partial charge in [-0.25, -0.2) is 4.39 Å². The Labute approximate surface area is 144 Å². The van der Waals surface area contributed by atoms with E-state index >= 15 is 0 Å². The lowest BCUT2D eigenvalue weighted by molar-refractivity contribution is 0.165. The molecule has 2 aliphatic rings.